The van der Waals surface area contributed by atoms with Crippen LogP contribution in [0.25, 0.3) is 5.32 Å². The zero-order chi connectivity index (χ0) is 8.10. The summed E-state index contributed by atoms with van der Waals surface area (Å²) in [6.45, 7) is 0. The summed E-state index contributed by atoms with van der Waals surface area (Å²) in [5.74, 6) is 0. The largest absolute Gasteiger partial charge is 2.00 e. The molecule has 0 bridgehead atoms. The third kappa shape index (κ3) is 5.48. The Morgan fingerprint density at radius 1 is 1.38 bits per heavy atom. The molecule has 0 atom stereocenters. The molecule has 13 heavy (non-hydrogen) atoms. The average Bonchev–Trinajstić information content (AvgIpc) is 2.07. The van der Waals surface area contributed by atoms with Gasteiger partial charge in [0.2, 0.25) is 0 Å². The Morgan fingerprint density at radius 2 is 1.92 bits per heavy atom. The minimum absolute atomic E-state index is 0. The van der Waals surface area contributed by atoms with Crippen molar-refractivity contribution in [1.82, 2.24) is 0 Å². The fourth-order valence-corrected chi connectivity index (χ4v) is 1.52. The summed E-state index contributed by atoms with van der Waals surface area (Å²) in [5, 5.41) is 4.27. The van der Waals surface area contributed by atoms with Crippen molar-refractivity contribution in [2.75, 3.05) is 14.2 Å². The summed E-state index contributed by atoms with van der Waals surface area (Å²) in [6.07, 6.45) is 6.61. The smallest absolute Gasteiger partial charge is 0.662 e. The van der Waals surface area contributed by atoms with Gasteiger partial charge in [-0.1, -0.05) is 12.8 Å². The molecular formula is C10H19NOW. The van der Waals surface area contributed by atoms with Crippen LogP contribution in [0.1, 0.15) is 25.7 Å². The predicted molar refractivity (Wildman–Crippen MR) is 53.0 cm³/mol. The van der Waals surface area contributed by atoms with Gasteiger partial charge in [0, 0.05) is 0 Å². The maximum atomic E-state index is 4.96. The summed E-state index contributed by atoms with van der Waals surface area (Å²) in [6, 6.07) is 0.601. The van der Waals surface area contributed by atoms with Gasteiger partial charge in [-0.3, -0.25) is 0 Å². The number of hydrogen-bond acceptors (Lipinski definition) is 1. The number of rotatable bonds is 2. The number of methoxy groups -OCH3 is 1. The standard InChI is InChI=1S/C9H16NO.CH3.W/c1-10-9-5-3-8(4-6-9)7-11-2;;/h7,9H,3-6H2,1-2H3;1H3;/q2*-1;+2. The van der Waals surface area contributed by atoms with Gasteiger partial charge in [0.05, 0.1) is 13.4 Å². The normalized spacial score (nSPS) is 21.1. The van der Waals surface area contributed by atoms with Crippen molar-refractivity contribution in [3.05, 3.63) is 24.6 Å². The molecule has 0 saturated heterocycles. The molecule has 0 aromatic carbocycles. The van der Waals surface area contributed by atoms with E-state index in [4.69, 9.17) is 4.74 Å². The molecular weight excluding hydrogens is 334 g/mol. The maximum absolute atomic E-state index is 4.96. The number of hydrogen-bond donors (Lipinski definition) is 0. The van der Waals surface area contributed by atoms with Crippen LogP contribution in [0.4, 0.5) is 0 Å². The van der Waals surface area contributed by atoms with Crippen LogP contribution in [0.3, 0.4) is 0 Å². The van der Waals surface area contributed by atoms with E-state index in [0.717, 1.165) is 12.8 Å². The molecule has 0 unspecified atom stereocenters. The van der Waals surface area contributed by atoms with Gasteiger partial charge in [0.1, 0.15) is 0 Å². The van der Waals surface area contributed by atoms with Gasteiger partial charge in [-0.15, -0.1) is 6.04 Å². The Bertz CT molecular complexity index is 138. The van der Waals surface area contributed by atoms with Crippen LogP contribution in [0.2, 0.25) is 0 Å². The molecule has 1 aliphatic carbocycles. The molecule has 0 aromatic rings. The van der Waals surface area contributed by atoms with Crippen LogP contribution < -0.4 is 0 Å². The van der Waals surface area contributed by atoms with Gasteiger partial charge >= 0.3 is 21.1 Å². The molecule has 2 nitrogen and oxygen atoms in total. The maximum Gasteiger partial charge on any atom is 2.00 e. The van der Waals surface area contributed by atoms with E-state index in [2.05, 4.69) is 5.32 Å². The molecule has 0 amide bonds. The van der Waals surface area contributed by atoms with Gasteiger partial charge in [-0.05, 0) is 18.4 Å². The van der Waals surface area contributed by atoms with Crippen molar-refractivity contribution < 1.29 is 25.8 Å². The minimum atomic E-state index is 0. The molecule has 76 valence electrons. The van der Waals surface area contributed by atoms with Crippen molar-refractivity contribution in [2.24, 2.45) is 0 Å². The molecule has 1 rings (SSSR count). The van der Waals surface area contributed by atoms with Crippen molar-refractivity contribution in [1.29, 1.82) is 0 Å². The van der Waals surface area contributed by atoms with Crippen LogP contribution in [-0.2, 0) is 25.8 Å². The Morgan fingerprint density at radius 3 is 2.31 bits per heavy atom. The SMILES string of the molecule is C[N-]C1CCC(=COC)CC1.[CH3-].[W+2]. The molecule has 1 fully saturated rings. The van der Waals surface area contributed by atoms with Crippen LogP contribution in [0, 0.1) is 7.43 Å². The molecule has 0 aromatic heterocycles. The van der Waals surface area contributed by atoms with E-state index in [1.807, 2.05) is 13.3 Å². The van der Waals surface area contributed by atoms with Crippen LogP contribution >= 0.6 is 0 Å². The summed E-state index contributed by atoms with van der Waals surface area (Å²) < 4.78 is 4.96. The van der Waals surface area contributed by atoms with Gasteiger partial charge < -0.3 is 17.5 Å². The molecule has 0 aliphatic heterocycles. The summed E-state index contributed by atoms with van der Waals surface area (Å²) >= 11 is 0. The molecule has 1 saturated carbocycles. The monoisotopic (exact) mass is 353 g/mol. The first-order valence-corrected chi connectivity index (χ1v) is 4.16. The molecule has 0 spiro atoms. The van der Waals surface area contributed by atoms with Crippen molar-refractivity contribution in [3.8, 4) is 0 Å². The molecule has 0 radical (unpaired) electrons. The molecule has 1 aliphatic rings. The zero-order valence-electron chi connectivity index (χ0n) is 8.75. The third-order valence-electron chi connectivity index (χ3n) is 2.25. The minimum Gasteiger partial charge on any atom is -0.662 e. The first-order chi connectivity index (χ1) is 5.36. The van der Waals surface area contributed by atoms with E-state index in [9.17, 15) is 0 Å². The second-order valence-electron chi connectivity index (χ2n) is 3.00. The average molecular weight is 353 g/mol. The number of allylic oxidation sites excluding steroid dienone is 1. The topological polar surface area (TPSA) is 23.3 Å². The number of ether oxygens (including phenoxy) is 1. The summed E-state index contributed by atoms with van der Waals surface area (Å²) in [4.78, 5) is 0. The second kappa shape index (κ2) is 8.77. The number of nitrogens with zero attached hydrogens (tertiary/aromatic N) is 1. The fraction of sp³-hybridized carbons (Fsp3) is 0.700. The zero-order valence-corrected chi connectivity index (χ0v) is 11.7. The van der Waals surface area contributed by atoms with E-state index in [1.54, 1.807) is 7.11 Å². The van der Waals surface area contributed by atoms with Crippen LogP contribution in [0.15, 0.2) is 11.8 Å². The van der Waals surface area contributed by atoms with Gasteiger partial charge in [-0.2, -0.15) is 7.05 Å². The van der Waals surface area contributed by atoms with Crippen LogP contribution in [-0.4, -0.2) is 20.2 Å². The fourth-order valence-electron chi connectivity index (χ4n) is 1.52. The van der Waals surface area contributed by atoms with E-state index >= 15 is 0 Å². The quantitative estimate of drug-likeness (QED) is 0.553. The van der Waals surface area contributed by atoms with E-state index in [-0.39, 0.29) is 28.5 Å². The van der Waals surface area contributed by atoms with Crippen LogP contribution in [0.5, 0.6) is 0 Å². The second-order valence-corrected chi connectivity index (χ2v) is 3.00. The summed E-state index contributed by atoms with van der Waals surface area (Å²) in [5.41, 5.74) is 1.44. The van der Waals surface area contributed by atoms with E-state index < -0.39 is 0 Å². The van der Waals surface area contributed by atoms with Crippen molar-refractivity contribution in [3.63, 3.8) is 0 Å². The summed E-state index contributed by atoms with van der Waals surface area (Å²) in [7, 11) is 3.62. The van der Waals surface area contributed by atoms with Crippen molar-refractivity contribution in [2.45, 2.75) is 31.7 Å². The van der Waals surface area contributed by atoms with Gasteiger partial charge in [-0.25, -0.2) is 0 Å². The van der Waals surface area contributed by atoms with E-state index in [1.165, 1.54) is 18.4 Å². The predicted octanol–water partition coefficient (Wildman–Crippen LogP) is 2.91. The van der Waals surface area contributed by atoms with E-state index in [0.29, 0.717) is 6.04 Å². The van der Waals surface area contributed by atoms with Crippen molar-refractivity contribution >= 4 is 0 Å². The Labute approximate surface area is 96.4 Å². The Hall–Kier alpha value is 0.188. The first-order valence-electron chi connectivity index (χ1n) is 4.16. The third-order valence-corrected chi connectivity index (χ3v) is 2.25. The molecule has 0 N–H and O–H groups in total. The Kier molecular flexibility index (Phi) is 10.6. The molecule has 0 heterocycles. The Balaban J connectivity index is 0. The molecule has 3 heteroatoms. The van der Waals surface area contributed by atoms with Gasteiger partial charge in [0.15, 0.2) is 0 Å². The van der Waals surface area contributed by atoms with Gasteiger partial charge in [0.25, 0.3) is 0 Å². The first kappa shape index (κ1) is 15.7.